The topological polar surface area (TPSA) is 66.8 Å². The highest BCUT2D eigenvalue weighted by molar-refractivity contribution is 6.34. The van der Waals surface area contributed by atoms with E-state index < -0.39 is 0 Å². The summed E-state index contributed by atoms with van der Waals surface area (Å²) in [6.07, 6.45) is 0. The van der Waals surface area contributed by atoms with Crippen molar-refractivity contribution < 1.29 is 19.4 Å². The van der Waals surface area contributed by atoms with Crippen molar-refractivity contribution in [3.8, 4) is 17.2 Å². The first-order chi connectivity index (χ1) is 17.6. The van der Waals surface area contributed by atoms with Gasteiger partial charge >= 0.3 is 0 Å². The molecule has 1 aliphatic rings. The van der Waals surface area contributed by atoms with Gasteiger partial charge in [0, 0.05) is 5.41 Å². The van der Waals surface area contributed by atoms with Crippen LogP contribution in [-0.4, -0.2) is 16.9 Å². The van der Waals surface area contributed by atoms with Crippen molar-refractivity contribution in [2.24, 2.45) is 0 Å². The fourth-order valence-corrected chi connectivity index (χ4v) is 4.65. The summed E-state index contributed by atoms with van der Waals surface area (Å²) in [4.78, 5) is 27.7. The Morgan fingerprint density at radius 1 is 0.711 bits per heavy atom. The fourth-order valence-electron chi connectivity index (χ4n) is 4.65. The number of carbonyl (C=O) groups is 2. The lowest BCUT2D eigenvalue weighted by Gasteiger charge is -2.27. The molecule has 1 aliphatic heterocycles. The second kappa shape index (κ2) is 10.2. The number of anilines is 1. The summed E-state index contributed by atoms with van der Waals surface area (Å²) < 4.78 is 5.97. The van der Waals surface area contributed by atoms with Crippen molar-refractivity contribution in [2.75, 3.05) is 4.90 Å². The van der Waals surface area contributed by atoms with E-state index in [0.717, 1.165) is 11.1 Å². The Morgan fingerprint density at radius 2 is 1.24 bits per heavy atom. The Labute approximate surface area is 224 Å². The molecule has 4 aromatic carbocycles. The third-order valence-corrected chi connectivity index (χ3v) is 7.08. The summed E-state index contributed by atoms with van der Waals surface area (Å²) in [6.45, 7) is 8.45. The molecule has 0 atom stereocenters. The molecule has 5 heteroatoms. The lowest BCUT2D eigenvalue weighted by molar-refractivity contribution is 0.0926. The molecular formula is C33H33NO4. The smallest absolute Gasteiger partial charge is 0.266 e. The summed E-state index contributed by atoms with van der Waals surface area (Å²) in [6, 6.07) is 27.4. The standard InChI is InChI=1S/C32H29NO4.CH4/c1-20(2)21-5-15-26(16-6-21)37-27-17-18-28-29(19-27)31(36)33(30(28)35)24-11-7-22(8-12-24)32(3,4)23-9-13-25(34)14-10-23;/h5-20,34H,1-4H3;1H4. The van der Waals surface area contributed by atoms with Crippen LogP contribution in [0.5, 0.6) is 17.2 Å². The van der Waals surface area contributed by atoms with E-state index in [1.165, 1.54) is 10.5 Å². The van der Waals surface area contributed by atoms with Gasteiger partial charge in [-0.1, -0.05) is 71.5 Å². The highest BCUT2D eigenvalue weighted by Crippen LogP contribution is 2.36. The summed E-state index contributed by atoms with van der Waals surface area (Å²) in [7, 11) is 0. The van der Waals surface area contributed by atoms with E-state index in [1.807, 2.05) is 48.5 Å². The zero-order valence-corrected chi connectivity index (χ0v) is 21.4. The van der Waals surface area contributed by atoms with Crippen molar-refractivity contribution in [3.63, 3.8) is 0 Å². The van der Waals surface area contributed by atoms with Gasteiger partial charge in [-0.25, -0.2) is 4.90 Å². The molecule has 194 valence electrons. The molecule has 4 aromatic rings. The van der Waals surface area contributed by atoms with Gasteiger partial charge in [-0.3, -0.25) is 9.59 Å². The van der Waals surface area contributed by atoms with Crippen LogP contribution in [0.15, 0.2) is 91.0 Å². The van der Waals surface area contributed by atoms with Crippen molar-refractivity contribution in [2.45, 2.75) is 46.5 Å². The third kappa shape index (κ3) is 4.80. The minimum atomic E-state index is -0.369. The zero-order valence-electron chi connectivity index (χ0n) is 21.4. The second-order valence-electron chi connectivity index (χ2n) is 10.2. The maximum Gasteiger partial charge on any atom is 0.266 e. The lowest BCUT2D eigenvalue weighted by Crippen LogP contribution is -2.29. The molecule has 1 N–H and O–H groups in total. The number of phenolic OH excluding ortho intramolecular Hbond substituents is 1. The predicted molar refractivity (Wildman–Crippen MR) is 152 cm³/mol. The molecule has 0 saturated carbocycles. The van der Waals surface area contributed by atoms with E-state index in [4.69, 9.17) is 4.74 Å². The van der Waals surface area contributed by atoms with Crippen LogP contribution in [0.1, 0.15) is 78.4 Å². The SMILES string of the molecule is C.CC(C)c1ccc(Oc2ccc3c(c2)C(=O)N(c2ccc(C(C)(C)c4ccc(O)cc4)cc2)C3=O)cc1. The Morgan fingerprint density at radius 3 is 1.82 bits per heavy atom. The van der Waals surface area contributed by atoms with Crippen LogP contribution in [0, 0.1) is 0 Å². The first kappa shape index (κ1) is 26.7. The number of phenols is 1. The molecule has 2 amide bonds. The predicted octanol–water partition coefficient (Wildman–Crippen LogP) is 8.07. The highest BCUT2D eigenvalue weighted by atomic mass is 16.5. The van der Waals surface area contributed by atoms with Crippen molar-refractivity contribution >= 4 is 17.5 Å². The number of hydrogen-bond acceptors (Lipinski definition) is 4. The number of ether oxygens (including phenoxy) is 1. The van der Waals surface area contributed by atoms with E-state index in [9.17, 15) is 14.7 Å². The molecule has 0 fully saturated rings. The van der Waals surface area contributed by atoms with Crippen LogP contribution >= 0.6 is 0 Å². The van der Waals surface area contributed by atoms with Gasteiger partial charge in [-0.2, -0.15) is 0 Å². The fraction of sp³-hybridized carbons (Fsp3) is 0.212. The number of fused-ring (bicyclic) bond motifs is 1. The Kier molecular flexibility index (Phi) is 7.14. The van der Waals surface area contributed by atoms with Gasteiger partial charge in [0.15, 0.2) is 0 Å². The Balaban J connectivity index is 0.00000336. The van der Waals surface area contributed by atoms with Crippen molar-refractivity contribution in [1.29, 1.82) is 0 Å². The van der Waals surface area contributed by atoms with Gasteiger partial charge in [0.25, 0.3) is 11.8 Å². The number of nitrogens with zero attached hydrogens (tertiary/aromatic N) is 1. The molecular weight excluding hydrogens is 474 g/mol. The second-order valence-corrected chi connectivity index (χ2v) is 10.2. The normalized spacial score (nSPS) is 12.9. The van der Waals surface area contributed by atoms with Crippen molar-refractivity contribution in [3.05, 3.63) is 119 Å². The summed E-state index contributed by atoms with van der Waals surface area (Å²) in [5, 5.41) is 9.62. The minimum Gasteiger partial charge on any atom is -0.508 e. The van der Waals surface area contributed by atoms with Gasteiger partial charge in [0.05, 0.1) is 16.8 Å². The molecule has 0 unspecified atom stereocenters. The molecule has 0 aromatic heterocycles. The zero-order chi connectivity index (χ0) is 26.3. The van der Waals surface area contributed by atoms with E-state index in [0.29, 0.717) is 34.2 Å². The van der Waals surface area contributed by atoms with Crippen LogP contribution in [0.2, 0.25) is 0 Å². The average Bonchev–Trinajstić information content (AvgIpc) is 3.14. The van der Waals surface area contributed by atoms with Crippen LogP contribution in [-0.2, 0) is 5.41 Å². The monoisotopic (exact) mass is 507 g/mol. The first-order valence-corrected chi connectivity index (χ1v) is 12.4. The van der Waals surface area contributed by atoms with Crippen molar-refractivity contribution in [1.82, 2.24) is 0 Å². The Bertz CT molecular complexity index is 1470. The molecule has 1 heterocycles. The minimum absolute atomic E-state index is 0. The van der Waals surface area contributed by atoms with Gasteiger partial charge in [0.2, 0.25) is 0 Å². The van der Waals surface area contributed by atoms with E-state index in [-0.39, 0.29) is 30.4 Å². The molecule has 0 aliphatic carbocycles. The number of amides is 2. The molecule has 38 heavy (non-hydrogen) atoms. The number of rotatable bonds is 6. The van der Waals surface area contributed by atoms with Gasteiger partial charge in [-0.15, -0.1) is 0 Å². The van der Waals surface area contributed by atoms with Gasteiger partial charge in [-0.05, 0) is 77.2 Å². The number of carbonyl (C=O) groups excluding carboxylic acids is 2. The molecule has 5 nitrogen and oxygen atoms in total. The third-order valence-electron chi connectivity index (χ3n) is 7.08. The van der Waals surface area contributed by atoms with Gasteiger partial charge in [0.1, 0.15) is 17.2 Å². The van der Waals surface area contributed by atoms with E-state index in [1.54, 1.807) is 42.5 Å². The van der Waals surface area contributed by atoms with Crippen LogP contribution in [0.3, 0.4) is 0 Å². The maximum atomic E-state index is 13.3. The van der Waals surface area contributed by atoms with Gasteiger partial charge < -0.3 is 9.84 Å². The molecule has 5 rings (SSSR count). The molecule has 0 radical (unpaired) electrons. The molecule has 0 saturated heterocycles. The first-order valence-electron chi connectivity index (χ1n) is 12.4. The van der Waals surface area contributed by atoms with Crippen LogP contribution in [0.4, 0.5) is 5.69 Å². The number of imide groups is 1. The molecule has 0 spiro atoms. The molecule has 0 bridgehead atoms. The summed E-state index contributed by atoms with van der Waals surface area (Å²) in [5.74, 6) is 1.11. The Hall–Kier alpha value is -4.38. The number of aromatic hydroxyl groups is 1. The summed E-state index contributed by atoms with van der Waals surface area (Å²) >= 11 is 0. The quantitative estimate of drug-likeness (QED) is 0.268. The lowest BCUT2D eigenvalue weighted by atomic mass is 9.78. The van der Waals surface area contributed by atoms with Crippen LogP contribution < -0.4 is 9.64 Å². The number of hydrogen-bond donors (Lipinski definition) is 1. The number of benzene rings is 4. The maximum absolute atomic E-state index is 13.3. The average molecular weight is 508 g/mol. The van der Waals surface area contributed by atoms with E-state index in [2.05, 4.69) is 27.7 Å². The highest BCUT2D eigenvalue weighted by Gasteiger charge is 2.37. The largest absolute Gasteiger partial charge is 0.508 e. The summed E-state index contributed by atoms with van der Waals surface area (Å²) in [5.41, 5.74) is 4.17. The van der Waals surface area contributed by atoms with E-state index >= 15 is 0 Å². The van der Waals surface area contributed by atoms with Crippen LogP contribution in [0.25, 0.3) is 0 Å².